The van der Waals surface area contributed by atoms with Crippen molar-refractivity contribution in [2.24, 2.45) is 5.92 Å². The second-order valence-electron chi connectivity index (χ2n) is 5.39. The van der Waals surface area contributed by atoms with E-state index >= 15 is 0 Å². The second kappa shape index (κ2) is 8.98. The summed E-state index contributed by atoms with van der Waals surface area (Å²) >= 11 is 0. The van der Waals surface area contributed by atoms with Gasteiger partial charge < -0.3 is 5.32 Å². The third-order valence-corrected chi connectivity index (χ3v) is 3.73. The van der Waals surface area contributed by atoms with Crippen molar-refractivity contribution in [3.63, 3.8) is 0 Å². The normalized spacial score (nSPS) is 12.7. The fraction of sp³-hybridized carbons (Fsp3) is 0.647. The first-order valence-corrected chi connectivity index (χ1v) is 7.75. The molecular formula is C17H30N2. The first-order valence-electron chi connectivity index (χ1n) is 7.75. The number of nitrogens with zero attached hydrogens (tertiary/aromatic N) is 1. The van der Waals surface area contributed by atoms with Gasteiger partial charge in [-0.2, -0.15) is 0 Å². The lowest BCUT2D eigenvalue weighted by molar-refractivity contribution is 0.296. The van der Waals surface area contributed by atoms with E-state index in [0.29, 0.717) is 0 Å². The summed E-state index contributed by atoms with van der Waals surface area (Å²) in [5.74, 6) is 0.742. The van der Waals surface area contributed by atoms with Gasteiger partial charge in [-0.3, -0.25) is 4.90 Å². The van der Waals surface area contributed by atoms with Crippen LogP contribution in [0.15, 0.2) is 24.3 Å². The van der Waals surface area contributed by atoms with Crippen molar-refractivity contribution in [3.05, 3.63) is 29.8 Å². The van der Waals surface area contributed by atoms with Crippen molar-refractivity contribution in [2.75, 3.05) is 25.0 Å². The Morgan fingerprint density at radius 1 is 1.11 bits per heavy atom. The SMILES string of the molecule is CCCC(C)CNc1ccccc1CN(CC)CC. The van der Waals surface area contributed by atoms with Gasteiger partial charge in [0.1, 0.15) is 0 Å². The Morgan fingerprint density at radius 2 is 1.79 bits per heavy atom. The summed E-state index contributed by atoms with van der Waals surface area (Å²) in [5.41, 5.74) is 2.72. The van der Waals surface area contributed by atoms with Gasteiger partial charge >= 0.3 is 0 Å². The van der Waals surface area contributed by atoms with Crippen LogP contribution in [-0.2, 0) is 6.54 Å². The summed E-state index contributed by atoms with van der Waals surface area (Å²) < 4.78 is 0. The number of rotatable bonds is 9. The predicted octanol–water partition coefficient (Wildman–Crippen LogP) is 4.38. The summed E-state index contributed by atoms with van der Waals surface area (Å²) in [6.45, 7) is 13.4. The highest BCUT2D eigenvalue weighted by Crippen LogP contribution is 2.18. The standard InChI is InChI=1S/C17H30N2/c1-5-10-15(4)13-18-17-12-9-8-11-16(17)14-19(6-2)7-3/h8-9,11-12,15,18H,5-7,10,13-14H2,1-4H3. The minimum atomic E-state index is 0.742. The van der Waals surface area contributed by atoms with Gasteiger partial charge in [0.25, 0.3) is 0 Å². The highest BCUT2D eigenvalue weighted by atomic mass is 15.1. The second-order valence-corrected chi connectivity index (χ2v) is 5.39. The molecule has 1 aromatic carbocycles. The van der Waals surface area contributed by atoms with Crippen molar-refractivity contribution in [1.29, 1.82) is 0 Å². The van der Waals surface area contributed by atoms with Gasteiger partial charge in [-0.15, -0.1) is 0 Å². The average molecular weight is 262 g/mol. The zero-order chi connectivity index (χ0) is 14.1. The van der Waals surface area contributed by atoms with Crippen LogP contribution in [0.1, 0.15) is 46.1 Å². The lowest BCUT2D eigenvalue weighted by Gasteiger charge is -2.21. The van der Waals surface area contributed by atoms with Crippen LogP contribution < -0.4 is 5.32 Å². The van der Waals surface area contributed by atoms with Gasteiger partial charge in [0.2, 0.25) is 0 Å². The zero-order valence-corrected chi connectivity index (χ0v) is 13.1. The molecule has 0 radical (unpaired) electrons. The summed E-state index contributed by atoms with van der Waals surface area (Å²) in [4.78, 5) is 2.45. The maximum atomic E-state index is 3.62. The molecule has 0 heterocycles. The van der Waals surface area contributed by atoms with E-state index in [1.54, 1.807) is 0 Å². The number of para-hydroxylation sites is 1. The lowest BCUT2D eigenvalue weighted by atomic mass is 10.1. The minimum Gasteiger partial charge on any atom is -0.385 e. The quantitative estimate of drug-likeness (QED) is 0.710. The summed E-state index contributed by atoms with van der Waals surface area (Å²) in [6.07, 6.45) is 2.56. The van der Waals surface area contributed by atoms with E-state index in [1.807, 2.05) is 0 Å². The smallest absolute Gasteiger partial charge is 0.0385 e. The largest absolute Gasteiger partial charge is 0.385 e. The Labute approximate surface area is 119 Å². The molecule has 0 saturated heterocycles. The van der Waals surface area contributed by atoms with Gasteiger partial charge in [0.05, 0.1) is 0 Å². The first-order chi connectivity index (χ1) is 9.21. The summed E-state index contributed by atoms with van der Waals surface area (Å²) in [5, 5.41) is 3.62. The molecule has 1 aromatic rings. The van der Waals surface area contributed by atoms with Gasteiger partial charge in [0, 0.05) is 18.8 Å². The first kappa shape index (κ1) is 16.0. The van der Waals surface area contributed by atoms with Crippen LogP contribution in [-0.4, -0.2) is 24.5 Å². The van der Waals surface area contributed by atoms with Crippen LogP contribution in [0.4, 0.5) is 5.69 Å². The number of hydrogen-bond acceptors (Lipinski definition) is 2. The van der Waals surface area contributed by atoms with Crippen LogP contribution >= 0.6 is 0 Å². The third kappa shape index (κ3) is 5.65. The Hall–Kier alpha value is -1.02. The van der Waals surface area contributed by atoms with E-state index in [9.17, 15) is 0 Å². The van der Waals surface area contributed by atoms with Gasteiger partial charge in [-0.1, -0.05) is 52.3 Å². The predicted molar refractivity (Wildman–Crippen MR) is 85.6 cm³/mol. The van der Waals surface area contributed by atoms with E-state index in [4.69, 9.17) is 0 Å². The Kier molecular flexibility index (Phi) is 7.57. The molecule has 19 heavy (non-hydrogen) atoms. The molecule has 1 N–H and O–H groups in total. The molecule has 108 valence electrons. The Balaban J connectivity index is 2.62. The maximum Gasteiger partial charge on any atom is 0.0385 e. The van der Waals surface area contributed by atoms with Crippen molar-refractivity contribution in [1.82, 2.24) is 4.90 Å². The fourth-order valence-electron chi connectivity index (χ4n) is 2.40. The highest BCUT2D eigenvalue weighted by Gasteiger charge is 2.07. The van der Waals surface area contributed by atoms with Crippen LogP contribution in [0.3, 0.4) is 0 Å². The molecule has 0 aliphatic heterocycles. The number of benzene rings is 1. The summed E-state index contributed by atoms with van der Waals surface area (Å²) in [6, 6.07) is 8.71. The zero-order valence-electron chi connectivity index (χ0n) is 13.1. The van der Waals surface area contributed by atoms with Crippen LogP contribution in [0.25, 0.3) is 0 Å². The lowest BCUT2D eigenvalue weighted by Crippen LogP contribution is -2.23. The van der Waals surface area contributed by atoms with Gasteiger partial charge in [-0.25, -0.2) is 0 Å². The molecule has 0 aliphatic carbocycles. The molecule has 0 amide bonds. The molecular weight excluding hydrogens is 232 g/mol. The van der Waals surface area contributed by atoms with Crippen LogP contribution in [0.5, 0.6) is 0 Å². The maximum absolute atomic E-state index is 3.62. The van der Waals surface area contributed by atoms with Crippen LogP contribution in [0, 0.1) is 5.92 Å². The van der Waals surface area contributed by atoms with Crippen molar-refractivity contribution in [2.45, 2.75) is 47.1 Å². The van der Waals surface area contributed by atoms with Crippen molar-refractivity contribution < 1.29 is 0 Å². The van der Waals surface area contributed by atoms with Gasteiger partial charge in [-0.05, 0) is 37.1 Å². The van der Waals surface area contributed by atoms with Gasteiger partial charge in [0.15, 0.2) is 0 Å². The highest BCUT2D eigenvalue weighted by molar-refractivity contribution is 5.51. The van der Waals surface area contributed by atoms with Crippen LogP contribution in [0.2, 0.25) is 0 Å². The van der Waals surface area contributed by atoms with E-state index in [1.165, 1.54) is 24.1 Å². The average Bonchev–Trinajstić information content (AvgIpc) is 2.44. The van der Waals surface area contributed by atoms with E-state index in [0.717, 1.165) is 32.1 Å². The molecule has 1 unspecified atom stereocenters. The number of hydrogen-bond donors (Lipinski definition) is 1. The summed E-state index contributed by atoms with van der Waals surface area (Å²) in [7, 11) is 0. The molecule has 0 aromatic heterocycles. The molecule has 2 heteroatoms. The van der Waals surface area contributed by atoms with E-state index < -0.39 is 0 Å². The molecule has 1 atom stereocenters. The molecule has 0 bridgehead atoms. The molecule has 0 saturated carbocycles. The van der Waals surface area contributed by atoms with E-state index in [-0.39, 0.29) is 0 Å². The number of anilines is 1. The Bertz CT molecular complexity index is 345. The number of nitrogens with one attached hydrogen (secondary N) is 1. The van der Waals surface area contributed by atoms with Crippen molar-refractivity contribution in [3.8, 4) is 0 Å². The van der Waals surface area contributed by atoms with E-state index in [2.05, 4.69) is 62.2 Å². The molecule has 0 spiro atoms. The topological polar surface area (TPSA) is 15.3 Å². The fourth-order valence-corrected chi connectivity index (χ4v) is 2.40. The third-order valence-electron chi connectivity index (χ3n) is 3.73. The monoisotopic (exact) mass is 262 g/mol. The molecule has 1 rings (SSSR count). The molecule has 0 fully saturated rings. The minimum absolute atomic E-state index is 0.742. The molecule has 0 aliphatic rings. The Morgan fingerprint density at radius 3 is 2.42 bits per heavy atom. The molecule has 2 nitrogen and oxygen atoms in total. The van der Waals surface area contributed by atoms with Crippen molar-refractivity contribution >= 4 is 5.69 Å².